The molecule has 0 saturated heterocycles. The molecule has 0 radical (unpaired) electrons. The molecule has 0 amide bonds. The lowest BCUT2D eigenvalue weighted by molar-refractivity contribution is -0.142. The van der Waals surface area contributed by atoms with E-state index in [1.807, 2.05) is 4.68 Å². The zero-order valence-electron chi connectivity index (χ0n) is 10.8. The number of rotatable bonds is 6. The van der Waals surface area contributed by atoms with Gasteiger partial charge in [0, 0.05) is 6.54 Å². The number of ether oxygens (including phenoxy) is 1. The Balaban J connectivity index is 2.51. The molecule has 0 aliphatic carbocycles. The summed E-state index contributed by atoms with van der Waals surface area (Å²) in [5, 5.41) is 7.20. The van der Waals surface area contributed by atoms with Gasteiger partial charge in [-0.1, -0.05) is 13.8 Å². The Morgan fingerprint density at radius 2 is 2.24 bits per heavy atom. The Morgan fingerprint density at radius 3 is 2.82 bits per heavy atom. The van der Waals surface area contributed by atoms with E-state index in [0.717, 1.165) is 12.4 Å². The van der Waals surface area contributed by atoms with Crippen molar-refractivity contribution in [2.75, 3.05) is 7.11 Å². The van der Waals surface area contributed by atoms with E-state index < -0.39 is 0 Å². The Morgan fingerprint density at radius 1 is 1.53 bits per heavy atom. The van der Waals surface area contributed by atoms with Crippen molar-refractivity contribution in [2.24, 2.45) is 5.92 Å². The van der Waals surface area contributed by atoms with Gasteiger partial charge >= 0.3 is 5.97 Å². The molecule has 1 N–H and O–H groups in total. The van der Waals surface area contributed by atoms with Gasteiger partial charge in [0.15, 0.2) is 0 Å². The minimum atomic E-state index is -0.343. The Kier molecular flexibility index (Phi) is 5.09. The first-order chi connectivity index (χ1) is 8.04. The Labute approximate surface area is 101 Å². The number of hydrogen-bond donors (Lipinski definition) is 1. The van der Waals surface area contributed by atoms with E-state index in [1.165, 1.54) is 13.4 Å². The van der Waals surface area contributed by atoms with Crippen molar-refractivity contribution in [3.8, 4) is 0 Å². The zero-order valence-corrected chi connectivity index (χ0v) is 10.8. The fourth-order valence-corrected chi connectivity index (χ4v) is 1.43. The number of nitrogens with one attached hydrogen (secondary N) is 1. The van der Waals surface area contributed by atoms with Gasteiger partial charge in [0.25, 0.3) is 0 Å². The Bertz CT molecular complexity index is 362. The summed E-state index contributed by atoms with van der Waals surface area (Å²) in [5.74, 6) is 1.06. The molecule has 0 saturated carbocycles. The number of methoxy groups -OCH3 is 1. The summed E-state index contributed by atoms with van der Waals surface area (Å²) < 4.78 is 6.48. The number of aromatic nitrogens is 3. The van der Waals surface area contributed by atoms with Gasteiger partial charge < -0.3 is 4.74 Å². The molecule has 1 unspecified atom stereocenters. The van der Waals surface area contributed by atoms with Gasteiger partial charge in [-0.05, 0) is 12.8 Å². The fraction of sp³-hybridized carbons (Fsp3) is 0.727. The predicted molar refractivity (Wildman–Crippen MR) is 63.2 cm³/mol. The van der Waals surface area contributed by atoms with Crippen molar-refractivity contribution >= 4 is 5.97 Å². The third-order valence-corrected chi connectivity index (χ3v) is 2.35. The smallest absolute Gasteiger partial charge is 0.322 e. The molecule has 1 heterocycles. The van der Waals surface area contributed by atoms with Gasteiger partial charge in [-0.3, -0.25) is 10.1 Å². The van der Waals surface area contributed by atoms with Gasteiger partial charge in [-0.25, -0.2) is 9.67 Å². The standard InChI is InChI=1S/C11H20N4O2/c1-8(2)6-15-10(13-7-14-15)5-12-9(3)11(16)17-4/h7-9,12H,5-6H2,1-4H3. The lowest BCUT2D eigenvalue weighted by Gasteiger charge is -2.12. The van der Waals surface area contributed by atoms with Crippen LogP contribution >= 0.6 is 0 Å². The summed E-state index contributed by atoms with van der Waals surface area (Å²) in [6, 6.07) is -0.343. The predicted octanol–water partition coefficient (Wildman–Crippen LogP) is 0.585. The second-order valence-electron chi connectivity index (χ2n) is 4.38. The molecule has 6 heteroatoms. The van der Waals surface area contributed by atoms with Gasteiger partial charge in [0.1, 0.15) is 18.2 Å². The highest BCUT2D eigenvalue weighted by Gasteiger charge is 2.13. The van der Waals surface area contributed by atoms with Crippen molar-refractivity contribution in [1.82, 2.24) is 20.1 Å². The van der Waals surface area contributed by atoms with E-state index >= 15 is 0 Å². The van der Waals surface area contributed by atoms with Crippen LogP contribution in [0.15, 0.2) is 6.33 Å². The number of carbonyl (C=O) groups is 1. The molecular formula is C11H20N4O2. The average Bonchev–Trinajstić information content (AvgIpc) is 2.71. The summed E-state index contributed by atoms with van der Waals surface area (Å²) >= 11 is 0. The molecular weight excluding hydrogens is 220 g/mol. The van der Waals surface area contributed by atoms with Crippen molar-refractivity contribution in [2.45, 2.75) is 39.9 Å². The molecule has 0 fully saturated rings. The van der Waals surface area contributed by atoms with Gasteiger partial charge in [0.05, 0.1) is 13.7 Å². The summed E-state index contributed by atoms with van der Waals surface area (Å²) in [6.45, 7) is 7.33. The number of esters is 1. The molecule has 17 heavy (non-hydrogen) atoms. The molecule has 0 aliphatic rings. The van der Waals surface area contributed by atoms with Crippen LogP contribution in [0.1, 0.15) is 26.6 Å². The fourth-order valence-electron chi connectivity index (χ4n) is 1.43. The van der Waals surface area contributed by atoms with E-state index in [0.29, 0.717) is 12.5 Å². The molecule has 0 spiro atoms. The first-order valence-corrected chi connectivity index (χ1v) is 5.72. The molecule has 1 aromatic rings. The van der Waals surface area contributed by atoms with Gasteiger partial charge in [0.2, 0.25) is 0 Å². The lowest BCUT2D eigenvalue weighted by Crippen LogP contribution is -2.35. The molecule has 0 aliphatic heterocycles. The first-order valence-electron chi connectivity index (χ1n) is 5.72. The third-order valence-electron chi connectivity index (χ3n) is 2.35. The highest BCUT2D eigenvalue weighted by molar-refractivity contribution is 5.74. The minimum absolute atomic E-state index is 0.278. The van der Waals surface area contributed by atoms with Crippen LogP contribution in [-0.2, 0) is 22.6 Å². The van der Waals surface area contributed by atoms with Gasteiger partial charge in [-0.15, -0.1) is 0 Å². The maximum Gasteiger partial charge on any atom is 0.322 e. The van der Waals surface area contributed by atoms with Crippen molar-refractivity contribution in [1.29, 1.82) is 0 Å². The van der Waals surface area contributed by atoms with Crippen LogP contribution in [0.25, 0.3) is 0 Å². The lowest BCUT2D eigenvalue weighted by atomic mass is 10.2. The second kappa shape index (κ2) is 6.34. The molecule has 1 atom stereocenters. The largest absolute Gasteiger partial charge is 0.468 e. The van der Waals surface area contributed by atoms with Crippen LogP contribution in [0.3, 0.4) is 0 Å². The molecule has 96 valence electrons. The SMILES string of the molecule is COC(=O)C(C)NCc1ncnn1CC(C)C. The molecule has 1 rings (SSSR count). The van der Waals surface area contributed by atoms with Crippen molar-refractivity contribution < 1.29 is 9.53 Å². The summed E-state index contributed by atoms with van der Waals surface area (Å²) in [4.78, 5) is 15.4. The van der Waals surface area contributed by atoms with Crippen LogP contribution in [0, 0.1) is 5.92 Å². The maximum atomic E-state index is 11.2. The molecule has 0 aromatic carbocycles. The zero-order chi connectivity index (χ0) is 12.8. The highest BCUT2D eigenvalue weighted by Crippen LogP contribution is 2.01. The summed E-state index contributed by atoms with van der Waals surface area (Å²) in [7, 11) is 1.38. The van der Waals surface area contributed by atoms with E-state index in [9.17, 15) is 4.79 Å². The van der Waals surface area contributed by atoms with Crippen LogP contribution in [0.4, 0.5) is 0 Å². The van der Waals surface area contributed by atoms with E-state index in [-0.39, 0.29) is 12.0 Å². The minimum Gasteiger partial charge on any atom is -0.468 e. The second-order valence-corrected chi connectivity index (χ2v) is 4.38. The number of nitrogens with zero attached hydrogens (tertiary/aromatic N) is 3. The van der Waals surface area contributed by atoms with Crippen molar-refractivity contribution in [3.05, 3.63) is 12.2 Å². The average molecular weight is 240 g/mol. The van der Waals surface area contributed by atoms with E-state index in [4.69, 9.17) is 0 Å². The highest BCUT2D eigenvalue weighted by atomic mass is 16.5. The summed E-state index contributed by atoms with van der Waals surface area (Å²) in [6.07, 6.45) is 1.53. The van der Waals surface area contributed by atoms with Crippen molar-refractivity contribution in [3.63, 3.8) is 0 Å². The molecule has 6 nitrogen and oxygen atoms in total. The van der Waals surface area contributed by atoms with Gasteiger partial charge in [-0.2, -0.15) is 5.10 Å². The monoisotopic (exact) mass is 240 g/mol. The number of carbonyl (C=O) groups excluding carboxylic acids is 1. The van der Waals surface area contributed by atoms with Crippen LogP contribution < -0.4 is 5.32 Å². The van der Waals surface area contributed by atoms with E-state index in [2.05, 4.69) is 34.0 Å². The first kappa shape index (κ1) is 13.6. The normalized spacial score (nSPS) is 12.8. The quantitative estimate of drug-likeness (QED) is 0.737. The molecule has 1 aromatic heterocycles. The topological polar surface area (TPSA) is 69.0 Å². The summed E-state index contributed by atoms with van der Waals surface area (Å²) in [5.41, 5.74) is 0. The number of hydrogen-bond acceptors (Lipinski definition) is 5. The van der Waals surface area contributed by atoms with Crippen LogP contribution in [0.5, 0.6) is 0 Å². The molecule has 0 bridgehead atoms. The van der Waals surface area contributed by atoms with Crippen LogP contribution in [-0.4, -0.2) is 33.9 Å². The Hall–Kier alpha value is -1.43. The maximum absolute atomic E-state index is 11.2. The third kappa shape index (κ3) is 4.14. The van der Waals surface area contributed by atoms with E-state index in [1.54, 1.807) is 6.92 Å². The van der Waals surface area contributed by atoms with Crippen LogP contribution in [0.2, 0.25) is 0 Å².